The van der Waals surface area contributed by atoms with E-state index in [1.165, 1.54) is 6.07 Å². The number of ether oxygens (including phenoxy) is 1. The summed E-state index contributed by atoms with van der Waals surface area (Å²) in [6.45, 7) is 0.410. The van der Waals surface area contributed by atoms with Gasteiger partial charge in [0.05, 0.1) is 32.3 Å². The number of nitro benzene ring substituents is 1. The first kappa shape index (κ1) is 25.5. The number of amides is 1. The van der Waals surface area contributed by atoms with Crippen molar-refractivity contribution >= 4 is 28.8 Å². The van der Waals surface area contributed by atoms with Crippen molar-refractivity contribution in [3.05, 3.63) is 84.1 Å². The second-order valence-corrected chi connectivity index (χ2v) is 7.08. The Hall–Kier alpha value is -5.09. The number of carbonyl (C=O) groups is 1. The topological polar surface area (TPSA) is 186 Å². The maximum atomic E-state index is 12.9. The summed E-state index contributed by atoms with van der Waals surface area (Å²) in [4.78, 5) is 42.9. The van der Waals surface area contributed by atoms with Gasteiger partial charge < -0.3 is 20.2 Å². The van der Waals surface area contributed by atoms with Crippen molar-refractivity contribution < 1.29 is 37.5 Å². The Bertz CT molecular complexity index is 1390. The molecule has 0 aliphatic carbocycles. The first-order valence-corrected chi connectivity index (χ1v) is 9.57. The van der Waals surface area contributed by atoms with Crippen LogP contribution in [0.3, 0.4) is 0 Å². The van der Waals surface area contributed by atoms with Gasteiger partial charge in [-0.1, -0.05) is 6.07 Å². The zero-order valence-electron chi connectivity index (χ0n) is 17.9. The number of nitro groups is 3. The van der Waals surface area contributed by atoms with Gasteiger partial charge in [-0.25, -0.2) is 0 Å². The lowest BCUT2D eigenvalue weighted by Gasteiger charge is -2.11. The third-order valence-electron chi connectivity index (χ3n) is 4.59. The predicted molar refractivity (Wildman–Crippen MR) is 114 cm³/mol. The van der Waals surface area contributed by atoms with Gasteiger partial charge in [0.15, 0.2) is 0 Å². The highest BCUT2D eigenvalue weighted by atomic mass is 19.4. The lowest BCUT2D eigenvalue weighted by Crippen LogP contribution is -2.20. The number of carbonyl (C=O) groups excluding carboxylic acids is 1. The summed E-state index contributed by atoms with van der Waals surface area (Å²) in [6.07, 6.45) is -4.66. The molecule has 36 heavy (non-hydrogen) atoms. The van der Waals surface area contributed by atoms with Crippen LogP contribution in [-0.4, -0.2) is 30.5 Å². The molecule has 3 rings (SSSR count). The number of hydrogen-bond acceptors (Lipinski definition) is 9. The fourth-order valence-corrected chi connectivity index (χ4v) is 3.04. The van der Waals surface area contributed by atoms with Crippen molar-refractivity contribution in [3.63, 3.8) is 0 Å². The van der Waals surface area contributed by atoms with E-state index in [1.54, 1.807) is 0 Å². The van der Waals surface area contributed by atoms with Crippen molar-refractivity contribution in [1.29, 1.82) is 0 Å². The average Bonchev–Trinajstić information content (AvgIpc) is 3.09. The van der Waals surface area contributed by atoms with E-state index >= 15 is 0 Å². The smallest absolute Gasteiger partial charge is 0.457 e. The largest absolute Gasteiger partial charge is 0.468 e. The number of alkyl halides is 3. The van der Waals surface area contributed by atoms with Crippen molar-refractivity contribution in [2.24, 2.45) is 0 Å². The molecular weight excluding hydrogens is 497 g/mol. The quantitative estimate of drug-likeness (QED) is 0.339. The number of rotatable bonds is 8. The molecule has 0 bridgehead atoms. The number of aromatic nitrogens is 2. The molecule has 1 heterocycles. The third-order valence-corrected chi connectivity index (χ3v) is 4.59. The van der Waals surface area contributed by atoms with Crippen LogP contribution in [0.2, 0.25) is 0 Å². The van der Waals surface area contributed by atoms with Crippen molar-refractivity contribution in [3.8, 4) is 11.5 Å². The normalized spacial score (nSPS) is 11.1. The molecule has 0 saturated heterocycles. The van der Waals surface area contributed by atoms with E-state index in [1.807, 2.05) is 0 Å². The molecule has 2 aromatic carbocycles. The summed E-state index contributed by atoms with van der Waals surface area (Å²) in [5, 5.41) is 39.1. The van der Waals surface area contributed by atoms with Gasteiger partial charge in [0, 0.05) is 12.1 Å². The summed E-state index contributed by atoms with van der Waals surface area (Å²) < 4.78 is 44.8. The third kappa shape index (κ3) is 5.69. The SMILES string of the molecule is Cc1c([N+](=O)[O-])c([N+](=O)[O-])nn1CC(=O)Nc1cc(Oc2cccc(C(F)(F)F)c2)cc([N+](=O)[O-])c1. The van der Waals surface area contributed by atoms with E-state index in [2.05, 4.69) is 10.4 Å². The molecule has 0 atom stereocenters. The number of nitrogens with one attached hydrogen (secondary N) is 1. The molecule has 1 aromatic heterocycles. The minimum absolute atomic E-state index is 0.204. The molecule has 3 aromatic rings. The van der Waals surface area contributed by atoms with E-state index in [0.29, 0.717) is 10.7 Å². The number of non-ortho nitro benzene ring substituents is 1. The molecule has 0 aliphatic heterocycles. The first-order chi connectivity index (χ1) is 16.8. The van der Waals surface area contributed by atoms with Crippen LogP contribution < -0.4 is 10.1 Å². The molecule has 17 heteroatoms. The molecule has 188 valence electrons. The number of nitrogens with zero attached hydrogens (tertiary/aromatic N) is 5. The molecule has 0 radical (unpaired) electrons. The first-order valence-electron chi connectivity index (χ1n) is 9.57. The van der Waals surface area contributed by atoms with Crippen LogP contribution in [0.25, 0.3) is 0 Å². The second-order valence-electron chi connectivity index (χ2n) is 7.08. The van der Waals surface area contributed by atoms with Crippen molar-refractivity contribution in [2.45, 2.75) is 19.6 Å². The van der Waals surface area contributed by atoms with Crippen LogP contribution in [0.5, 0.6) is 11.5 Å². The van der Waals surface area contributed by atoms with Crippen LogP contribution in [0, 0.1) is 37.3 Å². The van der Waals surface area contributed by atoms with Crippen molar-refractivity contribution in [1.82, 2.24) is 9.78 Å². The Labute approximate surface area is 197 Å². The summed E-state index contributed by atoms with van der Waals surface area (Å²) in [6, 6.07) is 6.68. The Morgan fingerprint density at radius 1 is 1.03 bits per heavy atom. The van der Waals surface area contributed by atoms with Crippen LogP contribution >= 0.6 is 0 Å². The standard InChI is InChI=1S/C19H13F3N6O8/c1-10-17(27(32)33)18(28(34)35)24-25(10)9-16(29)23-12-6-13(26(30)31)8-15(7-12)36-14-4-2-3-11(5-14)19(20,21)22/h2-8H,9H2,1H3,(H,23,29). The Balaban J connectivity index is 1.87. The van der Waals surface area contributed by atoms with E-state index in [-0.39, 0.29) is 22.9 Å². The Kier molecular flexibility index (Phi) is 6.84. The molecule has 1 amide bonds. The summed E-state index contributed by atoms with van der Waals surface area (Å²) in [5.41, 5.74) is -2.98. The lowest BCUT2D eigenvalue weighted by atomic mass is 10.2. The highest BCUT2D eigenvalue weighted by molar-refractivity contribution is 5.91. The maximum absolute atomic E-state index is 12.9. The number of anilines is 1. The minimum atomic E-state index is -4.66. The van der Waals surface area contributed by atoms with E-state index in [4.69, 9.17) is 4.74 Å². The average molecular weight is 510 g/mol. The highest BCUT2D eigenvalue weighted by Gasteiger charge is 2.36. The molecule has 0 aliphatic rings. The summed E-state index contributed by atoms with van der Waals surface area (Å²) >= 11 is 0. The van der Waals surface area contributed by atoms with Gasteiger partial charge in [-0.15, -0.1) is 0 Å². The highest BCUT2D eigenvalue weighted by Crippen LogP contribution is 2.34. The van der Waals surface area contributed by atoms with E-state index in [0.717, 1.165) is 37.3 Å². The number of hydrogen-bond donors (Lipinski definition) is 1. The molecule has 14 nitrogen and oxygen atoms in total. The van der Waals surface area contributed by atoms with Gasteiger partial charge in [0.1, 0.15) is 23.7 Å². The Morgan fingerprint density at radius 3 is 2.28 bits per heavy atom. The van der Waals surface area contributed by atoms with Crippen LogP contribution in [-0.2, 0) is 17.5 Å². The fourth-order valence-electron chi connectivity index (χ4n) is 3.04. The van der Waals surface area contributed by atoms with E-state index in [9.17, 15) is 48.3 Å². The number of benzene rings is 2. The van der Waals surface area contributed by atoms with Crippen molar-refractivity contribution in [2.75, 3.05) is 5.32 Å². The van der Waals surface area contributed by atoms with Crippen LogP contribution in [0.4, 0.5) is 36.1 Å². The molecule has 0 spiro atoms. The molecular formula is C19H13F3N6O8. The molecule has 0 unspecified atom stereocenters. The van der Waals surface area contributed by atoms with Gasteiger partial charge in [0.2, 0.25) is 5.91 Å². The van der Waals surface area contributed by atoms with Gasteiger partial charge in [-0.2, -0.15) is 17.9 Å². The summed E-state index contributed by atoms with van der Waals surface area (Å²) in [5.74, 6) is -2.55. The lowest BCUT2D eigenvalue weighted by molar-refractivity contribution is -0.424. The van der Waals surface area contributed by atoms with Gasteiger partial charge >= 0.3 is 17.7 Å². The minimum Gasteiger partial charge on any atom is -0.457 e. The van der Waals surface area contributed by atoms with E-state index < -0.39 is 56.2 Å². The second kappa shape index (κ2) is 9.65. The maximum Gasteiger partial charge on any atom is 0.468 e. The zero-order valence-corrected chi connectivity index (χ0v) is 17.9. The van der Waals surface area contributed by atoms with Crippen LogP contribution in [0.1, 0.15) is 11.3 Å². The fraction of sp³-hybridized carbons (Fsp3) is 0.158. The Morgan fingerprint density at radius 2 is 1.72 bits per heavy atom. The zero-order chi connectivity index (χ0) is 26.8. The molecule has 0 fully saturated rings. The molecule has 1 N–H and O–H groups in total. The number of halogens is 3. The van der Waals surface area contributed by atoms with Gasteiger partial charge in [-0.3, -0.25) is 25.0 Å². The van der Waals surface area contributed by atoms with Gasteiger partial charge in [0.25, 0.3) is 5.69 Å². The molecule has 0 saturated carbocycles. The van der Waals surface area contributed by atoms with Gasteiger partial charge in [-0.05, 0) is 30.0 Å². The van der Waals surface area contributed by atoms with Crippen LogP contribution in [0.15, 0.2) is 42.5 Å². The predicted octanol–water partition coefficient (Wildman–Crippen LogP) is 4.37. The summed E-state index contributed by atoms with van der Waals surface area (Å²) in [7, 11) is 0. The monoisotopic (exact) mass is 510 g/mol.